The average molecular weight is 549 g/mol. The van der Waals surface area contributed by atoms with E-state index in [1.54, 1.807) is 11.0 Å². The molecule has 2 aromatic heterocycles. The van der Waals surface area contributed by atoms with Crippen molar-refractivity contribution >= 4 is 49.1 Å². The average Bonchev–Trinajstić information content (AvgIpc) is 3.39. The van der Waals surface area contributed by atoms with Gasteiger partial charge in [0.2, 0.25) is 0 Å². The normalized spacial score (nSPS) is 14.7. The first-order valence-electron chi connectivity index (χ1n) is 10.7. The van der Waals surface area contributed by atoms with Gasteiger partial charge in [0.05, 0.1) is 21.8 Å². The van der Waals surface area contributed by atoms with Crippen LogP contribution in [-0.4, -0.2) is 46.8 Å². The highest BCUT2D eigenvalue weighted by atomic mass is 79.9. The second-order valence-electron chi connectivity index (χ2n) is 8.13. The largest absolute Gasteiger partial charge is 0.416 e. The maximum atomic E-state index is 13.2. The van der Waals surface area contributed by atoms with Crippen molar-refractivity contribution in [3.8, 4) is 5.69 Å². The molecule has 0 saturated carbocycles. The first-order chi connectivity index (χ1) is 16.2. The maximum Gasteiger partial charge on any atom is 0.416 e. The fraction of sp³-hybridized carbons (Fsp3) is 0.250. The molecule has 1 aliphatic rings. The number of aromatic nitrogens is 2. The van der Waals surface area contributed by atoms with Gasteiger partial charge in [0.1, 0.15) is 4.83 Å². The predicted molar refractivity (Wildman–Crippen MR) is 131 cm³/mol. The van der Waals surface area contributed by atoms with E-state index in [1.807, 2.05) is 46.8 Å². The standard InChI is InChI=1S/C24H20BrF3N4OS/c1-15-20-14-21(34-23(20)32(29-15)18-7-5-17(25)6-8-18)22(33)31-11-9-30(10-12-31)19-4-2-3-16(13-19)24(26,27)28/h2-8,13-14H,9-12H2,1H3. The van der Waals surface area contributed by atoms with Crippen LogP contribution in [0.5, 0.6) is 0 Å². The highest BCUT2D eigenvalue weighted by Gasteiger charge is 2.31. The highest BCUT2D eigenvalue weighted by molar-refractivity contribution is 9.10. The summed E-state index contributed by atoms with van der Waals surface area (Å²) >= 11 is 4.85. The number of anilines is 1. The van der Waals surface area contributed by atoms with Gasteiger partial charge >= 0.3 is 6.18 Å². The number of aryl methyl sites for hydroxylation is 1. The van der Waals surface area contributed by atoms with Crippen molar-refractivity contribution in [2.45, 2.75) is 13.1 Å². The minimum Gasteiger partial charge on any atom is -0.368 e. The summed E-state index contributed by atoms with van der Waals surface area (Å²) in [6.07, 6.45) is -4.38. The third-order valence-corrected chi connectivity index (χ3v) is 7.56. The number of hydrogen-bond acceptors (Lipinski definition) is 4. The number of rotatable bonds is 3. The number of carbonyl (C=O) groups excluding carboxylic acids is 1. The van der Waals surface area contributed by atoms with E-state index in [1.165, 1.54) is 23.5 Å². The Morgan fingerprint density at radius 3 is 2.38 bits per heavy atom. The first-order valence-corrected chi connectivity index (χ1v) is 12.3. The summed E-state index contributed by atoms with van der Waals surface area (Å²) in [4.78, 5) is 18.4. The van der Waals surface area contributed by atoms with Crippen molar-refractivity contribution in [3.05, 3.63) is 75.2 Å². The van der Waals surface area contributed by atoms with Crippen LogP contribution in [0.1, 0.15) is 20.9 Å². The molecule has 176 valence electrons. The molecular formula is C24H20BrF3N4OS. The van der Waals surface area contributed by atoms with Crippen LogP contribution in [0.15, 0.2) is 59.1 Å². The number of alkyl halides is 3. The number of amides is 1. The Labute approximate surface area is 206 Å². The van der Waals surface area contributed by atoms with Crippen molar-refractivity contribution in [2.75, 3.05) is 31.1 Å². The Hall–Kier alpha value is -2.85. The zero-order valence-electron chi connectivity index (χ0n) is 18.1. The highest BCUT2D eigenvalue weighted by Crippen LogP contribution is 2.33. The second kappa shape index (κ2) is 8.74. The molecule has 10 heteroatoms. The molecule has 34 heavy (non-hydrogen) atoms. The Kier molecular flexibility index (Phi) is 5.89. The smallest absolute Gasteiger partial charge is 0.368 e. The van der Waals surface area contributed by atoms with Gasteiger partial charge < -0.3 is 9.80 Å². The lowest BCUT2D eigenvalue weighted by Crippen LogP contribution is -2.48. The molecular weight excluding hydrogens is 529 g/mol. The van der Waals surface area contributed by atoms with Crippen LogP contribution in [0.3, 0.4) is 0 Å². The topological polar surface area (TPSA) is 41.4 Å². The second-order valence-corrected chi connectivity index (χ2v) is 10.1. The molecule has 5 nitrogen and oxygen atoms in total. The van der Waals surface area contributed by atoms with E-state index in [0.29, 0.717) is 36.7 Å². The van der Waals surface area contributed by atoms with E-state index < -0.39 is 11.7 Å². The summed E-state index contributed by atoms with van der Waals surface area (Å²) in [6.45, 7) is 3.77. The number of carbonyl (C=O) groups is 1. The molecule has 1 fully saturated rings. The minimum absolute atomic E-state index is 0.0633. The molecule has 3 heterocycles. The van der Waals surface area contributed by atoms with E-state index >= 15 is 0 Å². The van der Waals surface area contributed by atoms with Crippen molar-refractivity contribution in [3.63, 3.8) is 0 Å². The number of benzene rings is 2. The number of thiophene rings is 1. The number of piperazine rings is 1. The van der Waals surface area contributed by atoms with Crippen LogP contribution in [0.4, 0.5) is 18.9 Å². The number of hydrogen-bond donors (Lipinski definition) is 0. The van der Waals surface area contributed by atoms with Crippen molar-refractivity contribution in [2.24, 2.45) is 0 Å². The monoisotopic (exact) mass is 548 g/mol. The van der Waals surface area contributed by atoms with Gasteiger partial charge in [-0.1, -0.05) is 22.0 Å². The van der Waals surface area contributed by atoms with Gasteiger partial charge in [0.15, 0.2) is 0 Å². The SMILES string of the molecule is Cc1nn(-c2ccc(Br)cc2)c2sc(C(=O)N3CCN(c4cccc(C(F)(F)F)c4)CC3)cc12. The summed E-state index contributed by atoms with van der Waals surface area (Å²) in [7, 11) is 0. The van der Waals surface area contributed by atoms with E-state index in [9.17, 15) is 18.0 Å². The Balaban J connectivity index is 1.33. The fourth-order valence-corrected chi connectivity index (χ4v) is 5.53. The predicted octanol–water partition coefficient (Wildman–Crippen LogP) is 6.14. The third-order valence-electron chi connectivity index (χ3n) is 5.93. The van der Waals surface area contributed by atoms with Crippen molar-refractivity contribution in [1.29, 1.82) is 0 Å². The molecule has 0 aliphatic carbocycles. The fourth-order valence-electron chi connectivity index (χ4n) is 4.11. The van der Waals surface area contributed by atoms with Crippen LogP contribution in [-0.2, 0) is 6.18 Å². The van der Waals surface area contributed by atoms with Crippen LogP contribution in [0, 0.1) is 6.92 Å². The van der Waals surface area contributed by atoms with Gasteiger partial charge in [-0.05, 0) is 55.5 Å². The summed E-state index contributed by atoms with van der Waals surface area (Å²) < 4.78 is 42.0. The van der Waals surface area contributed by atoms with E-state index in [2.05, 4.69) is 21.0 Å². The molecule has 4 aromatic rings. The molecule has 1 aliphatic heterocycles. The summed E-state index contributed by atoms with van der Waals surface area (Å²) in [5.41, 5.74) is 1.62. The summed E-state index contributed by atoms with van der Waals surface area (Å²) in [5, 5.41) is 5.57. The van der Waals surface area contributed by atoms with Crippen LogP contribution < -0.4 is 4.90 Å². The zero-order chi connectivity index (χ0) is 24.0. The van der Waals surface area contributed by atoms with Crippen molar-refractivity contribution in [1.82, 2.24) is 14.7 Å². The first kappa shape index (κ1) is 22.9. The van der Waals surface area contributed by atoms with Gasteiger partial charge in [-0.3, -0.25) is 4.79 Å². The number of nitrogens with zero attached hydrogens (tertiary/aromatic N) is 4. The van der Waals surface area contributed by atoms with Gasteiger partial charge in [-0.25, -0.2) is 4.68 Å². The molecule has 0 atom stereocenters. The number of halogens is 4. The van der Waals surface area contributed by atoms with Gasteiger partial charge in [0, 0.05) is 41.7 Å². The molecule has 0 spiro atoms. The zero-order valence-corrected chi connectivity index (χ0v) is 20.5. The van der Waals surface area contributed by atoms with Crippen LogP contribution in [0.25, 0.3) is 15.9 Å². The molecule has 0 radical (unpaired) electrons. The molecule has 5 rings (SSSR count). The van der Waals surface area contributed by atoms with Crippen molar-refractivity contribution < 1.29 is 18.0 Å². The molecule has 0 bridgehead atoms. The summed E-state index contributed by atoms with van der Waals surface area (Å²) in [5.74, 6) is -0.0633. The quantitative estimate of drug-likeness (QED) is 0.309. The molecule has 2 aromatic carbocycles. The Morgan fingerprint density at radius 2 is 1.71 bits per heavy atom. The number of fused-ring (bicyclic) bond motifs is 1. The molecule has 0 N–H and O–H groups in total. The van der Waals surface area contributed by atoms with Gasteiger partial charge in [-0.2, -0.15) is 18.3 Å². The Bertz CT molecular complexity index is 1360. The van der Waals surface area contributed by atoms with E-state index in [-0.39, 0.29) is 5.91 Å². The van der Waals surface area contributed by atoms with Gasteiger partial charge in [0.25, 0.3) is 5.91 Å². The third kappa shape index (κ3) is 4.32. The minimum atomic E-state index is -4.38. The van der Waals surface area contributed by atoms with Crippen LogP contribution in [0.2, 0.25) is 0 Å². The van der Waals surface area contributed by atoms with Crippen LogP contribution >= 0.6 is 27.3 Å². The van der Waals surface area contributed by atoms with E-state index in [4.69, 9.17) is 0 Å². The van der Waals surface area contributed by atoms with E-state index in [0.717, 1.165) is 32.1 Å². The molecule has 1 amide bonds. The Morgan fingerprint density at radius 1 is 1.00 bits per heavy atom. The molecule has 0 unspecified atom stereocenters. The summed E-state index contributed by atoms with van der Waals surface area (Å²) in [6, 6.07) is 15.0. The lowest BCUT2D eigenvalue weighted by molar-refractivity contribution is -0.137. The maximum absolute atomic E-state index is 13.2. The molecule has 1 saturated heterocycles. The lowest BCUT2D eigenvalue weighted by Gasteiger charge is -2.36. The lowest BCUT2D eigenvalue weighted by atomic mass is 10.1. The van der Waals surface area contributed by atoms with Gasteiger partial charge in [-0.15, -0.1) is 11.3 Å².